The first kappa shape index (κ1) is 20.9. The number of nitrogens with one attached hydrogen (secondary N) is 2. The van der Waals surface area contributed by atoms with Crippen molar-refractivity contribution in [1.29, 1.82) is 0 Å². The van der Waals surface area contributed by atoms with Crippen LogP contribution in [-0.2, 0) is 16.4 Å². The maximum Gasteiger partial charge on any atom is 0.262 e. The highest BCUT2D eigenvalue weighted by atomic mass is 32.2. The summed E-state index contributed by atoms with van der Waals surface area (Å²) < 4.78 is 33.6. The molecule has 0 aliphatic carbocycles. The molecular formula is C21H22N2O4S2. The van der Waals surface area contributed by atoms with Gasteiger partial charge in [0, 0.05) is 17.0 Å². The number of ether oxygens (including phenoxy) is 1. The Morgan fingerprint density at radius 2 is 1.90 bits per heavy atom. The number of hydrogen-bond donors (Lipinski definition) is 2. The highest BCUT2D eigenvalue weighted by Crippen LogP contribution is 2.27. The molecule has 1 heterocycles. The Bertz CT molecular complexity index is 1090. The van der Waals surface area contributed by atoms with E-state index in [9.17, 15) is 13.2 Å². The predicted molar refractivity (Wildman–Crippen MR) is 115 cm³/mol. The lowest BCUT2D eigenvalue weighted by atomic mass is 10.1. The summed E-state index contributed by atoms with van der Waals surface area (Å²) in [5.41, 5.74) is 1.17. The molecule has 0 radical (unpaired) electrons. The summed E-state index contributed by atoms with van der Waals surface area (Å²) in [5.74, 6) is 0.103. The Balaban J connectivity index is 1.77. The van der Waals surface area contributed by atoms with Crippen LogP contribution in [0.25, 0.3) is 0 Å². The average Bonchev–Trinajstić information content (AvgIpc) is 3.21. The van der Waals surface area contributed by atoms with Crippen molar-refractivity contribution < 1.29 is 17.9 Å². The summed E-state index contributed by atoms with van der Waals surface area (Å²) >= 11 is 1.63. The number of carbonyl (C=O) groups is 1. The van der Waals surface area contributed by atoms with Gasteiger partial charge in [-0.2, -0.15) is 0 Å². The van der Waals surface area contributed by atoms with Gasteiger partial charge in [-0.05, 0) is 54.6 Å². The van der Waals surface area contributed by atoms with Crippen LogP contribution in [0.4, 0.5) is 5.69 Å². The first-order valence-electron chi connectivity index (χ1n) is 8.98. The van der Waals surface area contributed by atoms with Crippen molar-refractivity contribution in [3.63, 3.8) is 0 Å². The monoisotopic (exact) mass is 430 g/mol. The Morgan fingerprint density at radius 1 is 1.10 bits per heavy atom. The molecule has 6 nitrogen and oxygen atoms in total. The quantitative estimate of drug-likeness (QED) is 0.569. The molecule has 0 bridgehead atoms. The summed E-state index contributed by atoms with van der Waals surface area (Å²) in [7, 11) is -2.43. The number of thiophene rings is 1. The number of carbonyl (C=O) groups excluding carboxylic acids is 1. The van der Waals surface area contributed by atoms with Crippen LogP contribution >= 0.6 is 11.3 Å². The van der Waals surface area contributed by atoms with Gasteiger partial charge in [0.1, 0.15) is 5.75 Å². The molecule has 0 spiro atoms. The van der Waals surface area contributed by atoms with Gasteiger partial charge in [0.2, 0.25) is 0 Å². The van der Waals surface area contributed by atoms with Crippen molar-refractivity contribution in [2.45, 2.75) is 18.2 Å². The van der Waals surface area contributed by atoms with Crippen molar-refractivity contribution in [2.24, 2.45) is 0 Å². The van der Waals surface area contributed by atoms with Crippen LogP contribution in [0.2, 0.25) is 0 Å². The van der Waals surface area contributed by atoms with Crippen molar-refractivity contribution >= 4 is 33.0 Å². The minimum atomic E-state index is -3.90. The third-order valence-electron chi connectivity index (χ3n) is 4.33. The van der Waals surface area contributed by atoms with E-state index in [0.717, 1.165) is 6.42 Å². The highest BCUT2D eigenvalue weighted by molar-refractivity contribution is 7.92. The van der Waals surface area contributed by atoms with Crippen molar-refractivity contribution in [1.82, 2.24) is 5.32 Å². The fourth-order valence-electron chi connectivity index (χ4n) is 2.82. The number of hydrogen-bond acceptors (Lipinski definition) is 5. The normalized spacial score (nSPS) is 11.1. The van der Waals surface area contributed by atoms with Gasteiger partial charge in [0.15, 0.2) is 0 Å². The standard InChI is InChI=1S/C21H22N2O4S2/c1-15-9-10-16(21(24)22-12-11-17-6-5-13-28-17)14-20(15)29(25,26)23-18-7-3-4-8-19(18)27-2/h3-10,13-14,23H,11-12H2,1-2H3,(H,22,24). The second-order valence-corrected chi connectivity index (χ2v) is 9.05. The molecule has 0 saturated carbocycles. The van der Waals surface area contributed by atoms with E-state index < -0.39 is 10.0 Å². The summed E-state index contributed by atoms with van der Waals surface area (Å²) in [5, 5.41) is 4.82. The molecule has 2 N–H and O–H groups in total. The Labute approximate surface area is 174 Å². The van der Waals surface area contributed by atoms with E-state index in [2.05, 4.69) is 10.0 Å². The Morgan fingerprint density at radius 3 is 2.62 bits per heavy atom. The lowest BCUT2D eigenvalue weighted by Gasteiger charge is -2.14. The second kappa shape index (κ2) is 9.11. The minimum Gasteiger partial charge on any atom is -0.495 e. The molecule has 0 fully saturated rings. The van der Waals surface area contributed by atoms with Crippen LogP contribution in [0, 0.1) is 6.92 Å². The number of rotatable bonds is 8. The zero-order chi connectivity index (χ0) is 20.9. The van der Waals surface area contributed by atoms with Crippen molar-refractivity contribution in [3.05, 3.63) is 76.0 Å². The summed E-state index contributed by atoms with van der Waals surface area (Å²) in [6.07, 6.45) is 0.732. The zero-order valence-corrected chi connectivity index (χ0v) is 17.8. The largest absolute Gasteiger partial charge is 0.495 e. The van der Waals surface area contributed by atoms with E-state index >= 15 is 0 Å². The van der Waals surface area contributed by atoms with E-state index in [4.69, 9.17) is 4.74 Å². The molecule has 0 aliphatic heterocycles. The molecule has 29 heavy (non-hydrogen) atoms. The molecule has 1 aromatic heterocycles. The Hall–Kier alpha value is -2.84. The first-order valence-corrected chi connectivity index (χ1v) is 11.3. The lowest BCUT2D eigenvalue weighted by Crippen LogP contribution is -2.26. The molecule has 0 unspecified atom stereocenters. The maximum absolute atomic E-state index is 12.9. The molecule has 0 saturated heterocycles. The maximum atomic E-state index is 12.9. The van der Waals surface area contributed by atoms with Crippen LogP contribution in [-0.4, -0.2) is 28.0 Å². The molecule has 3 aromatic rings. The smallest absolute Gasteiger partial charge is 0.262 e. The molecule has 152 valence electrons. The third kappa shape index (κ3) is 5.16. The number of anilines is 1. The zero-order valence-electron chi connectivity index (χ0n) is 16.1. The molecule has 2 aromatic carbocycles. The fourth-order valence-corrected chi connectivity index (χ4v) is 4.87. The number of para-hydroxylation sites is 2. The van der Waals surface area contributed by atoms with Gasteiger partial charge >= 0.3 is 0 Å². The van der Waals surface area contributed by atoms with Gasteiger partial charge < -0.3 is 10.1 Å². The van der Waals surface area contributed by atoms with Crippen LogP contribution < -0.4 is 14.8 Å². The number of amides is 1. The predicted octanol–water partition coefficient (Wildman–Crippen LogP) is 3.84. The van der Waals surface area contributed by atoms with Gasteiger partial charge in [-0.1, -0.05) is 24.3 Å². The molecule has 1 amide bonds. The van der Waals surface area contributed by atoms with Crippen molar-refractivity contribution in [2.75, 3.05) is 18.4 Å². The van der Waals surface area contributed by atoms with Crippen LogP contribution in [0.15, 0.2) is 64.9 Å². The van der Waals surface area contributed by atoms with Gasteiger partial charge in [-0.3, -0.25) is 9.52 Å². The number of aryl methyl sites for hydroxylation is 1. The molecule has 0 atom stereocenters. The number of methoxy groups -OCH3 is 1. The number of sulfonamides is 1. The summed E-state index contributed by atoms with van der Waals surface area (Å²) in [6.45, 7) is 2.17. The molecular weight excluding hydrogens is 408 g/mol. The summed E-state index contributed by atoms with van der Waals surface area (Å²) in [6, 6.07) is 15.4. The Kier molecular flexibility index (Phi) is 6.56. The molecule has 0 aliphatic rings. The van der Waals surface area contributed by atoms with Gasteiger partial charge in [0.25, 0.3) is 15.9 Å². The van der Waals surface area contributed by atoms with Gasteiger partial charge in [0.05, 0.1) is 17.7 Å². The van der Waals surface area contributed by atoms with Crippen LogP contribution in [0.3, 0.4) is 0 Å². The molecule has 3 rings (SSSR count). The summed E-state index contributed by atoms with van der Waals surface area (Å²) in [4.78, 5) is 13.7. The SMILES string of the molecule is COc1ccccc1NS(=O)(=O)c1cc(C(=O)NCCc2cccs2)ccc1C. The number of benzene rings is 2. The highest BCUT2D eigenvalue weighted by Gasteiger charge is 2.20. The van der Waals surface area contributed by atoms with E-state index in [1.54, 1.807) is 54.7 Å². The third-order valence-corrected chi connectivity index (χ3v) is 6.77. The van der Waals surface area contributed by atoms with E-state index in [0.29, 0.717) is 29.1 Å². The fraction of sp³-hybridized carbons (Fsp3) is 0.190. The van der Waals surface area contributed by atoms with E-state index in [-0.39, 0.29) is 10.8 Å². The minimum absolute atomic E-state index is 0.0503. The van der Waals surface area contributed by atoms with Crippen LogP contribution in [0.5, 0.6) is 5.75 Å². The topological polar surface area (TPSA) is 84.5 Å². The van der Waals surface area contributed by atoms with Gasteiger partial charge in [-0.25, -0.2) is 8.42 Å². The average molecular weight is 431 g/mol. The second-order valence-electron chi connectivity index (χ2n) is 6.37. The lowest BCUT2D eigenvalue weighted by molar-refractivity contribution is 0.0954. The van der Waals surface area contributed by atoms with Crippen molar-refractivity contribution in [3.8, 4) is 5.75 Å². The van der Waals surface area contributed by atoms with E-state index in [1.807, 2.05) is 17.5 Å². The van der Waals surface area contributed by atoms with Crippen LogP contribution in [0.1, 0.15) is 20.8 Å². The van der Waals surface area contributed by atoms with E-state index in [1.165, 1.54) is 18.1 Å². The first-order chi connectivity index (χ1) is 13.9. The molecule has 8 heteroatoms. The van der Waals surface area contributed by atoms with Gasteiger partial charge in [-0.15, -0.1) is 11.3 Å².